The van der Waals surface area contributed by atoms with Gasteiger partial charge >= 0.3 is 0 Å². The Labute approximate surface area is 302 Å². The first-order valence-corrected chi connectivity index (χ1v) is 21.0. The third kappa shape index (κ3) is 7.39. The molecule has 7 aromatic carbocycles. The quantitative estimate of drug-likeness (QED) is 0.146. The number of hydrogen-bond acceptors (Lipinski definition) is 0. The molecule has 0 amide bonds. The molecule has 7 aromatic rings. The summed E-state index contributed by atoms with van der Waals surface area (Å²) in [5.74, 6) is 0. The molecule has 250 valence electrons. The summed E-state index contributed by atoms with van der Waals surface area (Å²) < 4.78 is 0. The molecule has 0 unspecified atom stereocenters. The first-order valence-electron chi connectivity index (χ1n) is 18.3. The van der Waals surface area contributed by atoms with Crippen molar-refractivity contribution < 1.29 is 0 Å². The zero-order valence-corrected chi connectivity index (χ0v) is 31.7. The largest absolute Gasteiger partial charge is 0.0683 e. The molecule has 0 aliphatic heterocycles. The first kappa shape index (κ1) is 35.5. The van der Waals surface area contributed by atoms with Crippen LogP contribution < -0.4 is 31.8 Å². The summed E-state index contributed by atoms with van der Waals surface area (Å²) in [5.41, 5.74) is 6.02. The van der Waals surface area contributed by atoms with Crippen LogP contribution in [0.4, 0.5) is 0 Å². The van der Waals surface area contributed by atoms with E-state index in [9.17, 15) is 0 Å². The van der Waals surface area contributed by atoms with Gasteiger partial charge in [-0.05, 0) is 106 Å². The van der Waals surface area contributed by atoms with Crippen molar-refractivity contribution in [2.75, 3.05) is 0 Å². The van der Waals surface area contributed by atoms with Gasteiger partial charge in [0.1, 0.15) is 0 Å². The average Bonchev–Trinajstić information content (AvgIpc) is 3.21. The Balaban J connectivity index is 0.00000104. The van der Waals surface area contributed by atoms with Crippen molar-refractivity contribution in [1.82, 2.24) is 0 Å². The molecule has 0 radical (unpaired) electrons. The van der Waals surface area contributed by atoms with E-state index in [4.69, 9.17) is 0 Å². The van der Waals surface area contributed by atoms with E-state index in [1.165, 1.54) is 72.1 Å². The number of aryl methyl sites for hydroxylation is 1. The maximum Gasteiger partial charge on any atom is -0.00122 e. The summed E-state index contributed by atoms with van der Waals surface area (Å²) in [7, 11) is -1.60. The standard InChI is InChI=1S/C44H36P2.2C2H6/c1-5-19-35(20-6-1)45(36-21-7-2-8-22-36)41-31-29-33-17-13-15-27-39(33)43(41)44-40-28-16-14-18-34(40)30-32-42(44)46(37-23-9-3-10-24-37)38-25-11-4-12-26-38;2*1-2/h1-13,15,17,19-27,29-32H,14,16,18,28H2;2*1-2H3. The average molecular weight is 687 g/mol. The van der Waals surface area contributed by atoms with Crippen LogP contribution in [0.25, 0.3) is 21.9 Å². The van der Waals surface area contributed by atoms with Crippen LogP contribution in [0.3, 0.4) is 0 Å². The van der Waals surface area contributed by atoms with Crippen LogP contribution in [0.2, 0.25) is 0 Å². The number of hydrogen-bond donors (Lipinski definition) is 0. The zero-order valence-electron chi connectivity index (χ0n) is 29.9. The Bertz CT molecular complexity index is 2010. The van der Waals surface area contributed by atoms with E-state index in [-0.39, 0.29) is 0 Å². The predicted molar refractivity (Wildman–Crippen MR) is 226 cm³/mol. The molecule has 0 aromatic heterocycles. The Morgan fingerprint density at radius 1 is 0.360 bits per heavy atom. The molecule has 0 heterocycles. The van der Waals surface area contributed by atoms with E-state index in [1.807, 2.05) is 27.7 Å². The molecular formula is C48H48P2. The lowest BCUT2D eigenvalue weighted by molar-refractivity contribution is 0.687. The molecule has 0 saturated carbocycles. The minimum Gasteiger partial charge on any atom is -0.0683 e. The Hall–Kier alpha value is -4.34. The fraction of sp³-hybridized carbons (Fsp3) is 0.167. The highest BCUT2D eigenvalue weighted by Gasteiger charge is 2.29. The lowest BCUT2D eigenvalue weighted by atomic mass is 9.84. The highest BCUT2D eigenvalue weighted by Crippen LogP contribution is 2.46. The fourth-order valence-electron chi connectivity index (χ4n) is 7.15. The maximum atomic E-state index is 2.50. The van der Waals surface area contributed by atoms with Gasteiger partial charge in [0.05, 0.1) is 0 Å². The third-order valence-electron chi connectivity index (χ3n) is 9.21. The molecule has 0 bridgehead atoms. The van der Waals surface area contributed by atoms with E-state index in [0.717, 1.165) is 12.8 Å². The SMILES string of the molecule is CC.CC.c1ccc(P(c2ccccc2)c2ccc3c(c2-c2c(P(c4ccccc4)c4ccccc4)ccc4ccccc24)CCCC3)cc1. The Morgan fingerprint density at radius 3 is 1.26 bits per heavy atom. The molecule has 0 N–H and O–H groups in total. The highest BCUT2D eigenvalue weighted by atomic mass is 31.1. The van der Waals surface area contributed by atoms with Gasteiger partial charge in [0.2, 0.25) is 0 Å². The molecule has 0 spiro atoms. The minimum absolute atomic E-state index is 0.794. The van der Waals surface area contributed by atoms with Gasteiger partial charge in [0.25, 0.3) is 0 Å². The van der Waals surface area contributed by atoms with Crippen LogP contribution in [-0.4, -0.2) is 0 Å². The summed E-state index contributed by atoms with van der Waals surface area (Å²) in [6.07, 6.45) is 4.79. The van der Waals surface area contributed by atoms with Crippen molar-refractivity contribution in [1.29, 1.82) is 0 Å². The van der Waals surface area contributed by atoms with Gasteiger partial charge in [0.15, 0.2) is 0 Å². The van der Waals surface area contributed by atoms with Crippen LogP contribution in [-0.2, 0) is 12.8 Å². The van der Waals surface area contributed by atoms with Crippen LogP contribution >= 0.6 is 15.8 Å². The molecule has 1 aliphatic rings. The normalized spacial score (nSPS) is 12.0. The fourth-order valence-corrected chi connectivity index (χ4v) is 12.1. The van der Waals surface area contributed by atoms with E-state index in [2.05, 4.69) is 170 Å². The van der Waals surface area contributed by atoms with Crippen molar-refractivity contribution in [2.24, 2.45) is 0 Å². The van der Waals surface area contributed by atoms with Gasteiger partial charge in [-0.1, -0.05) is 198 Å². The van der Waals surface area contributed by atoms with Crippen LogP contribution in [0, 0.1) is 0 Å². The summed E-state index contributed by atoms with van der Waals surface area (Å²) >= 11 is 0. The van der Waals surface area contributed by atoms with Crippen molar-refractivity contribution in [2.45, 2.75) is 53.4 Å². The molecule has 0 fully saturated rings. The molecule has 1 aliphatic carbocycles. The molecule has 0 nitrogen and oxygen atoms in total. The van der Waals surface area contributed by atoms with Crippen molar-refractivity contribution in [3.05, 3.63) is 181 Å². The smallest absolute Gasteiger partial charge is 0.00122 e. The van der Waals surface area contributed by atoms with Gasteiger partial charge in [-0.2, -0.15) is 0 Å². The Morgan fingerprint density at radius 2 is 0.760 bits per heavy atom. The molecule has 8 rings (SSSR count). The van der Waals surface area contributed by atoms with Crippen molar-refractivity contribution in [3.63, 3.8) is 0 Å². The predicted octanol–water partition coefficient (Wildman–Crippen LogP) is 11.0. The van der Waals surface area contributed by atoms with Crippen molar-refractivity contribution >= 4 is 58.4 Å². The molecule has 50 heavy (non-hydrogen) atoms. The zero-order chi connectivity index (χ0) is 34.7. The first-order chi connectivity index (χ1) is 24.9. The second kappa shape index (κ2) is 17.5. The van der Waals surface area contributed by atoms with Crippen LogP contribution in [0.5, 0.6) is 0 Å². The highest BCUT2D eigenvalue weighted by molar-refractivity contribution is 7.80. The van der Waals surface area contributed by atoms with Crippen molar-refractivity contribution in [3.8, 4) is 11.1 Å². The van der Waals surface area contributed by atoms with E-state index < -0.39 is 15.8 Å². The Kier molecular flexibility index (Phi) is 12.5. The van der Waals surface area contributed by atoms with Crippen LogP contribution in [0.1, 0.15) is 51.7 Å². The van der Waals surface area contributed by atoms with Crippen LogP contribution in [0.15, 0.2) is 170 Å². The summed E-state index contributed by atoms with van der Waals surface area (Å²) in [5, 5.41) is 11.2. The molecular weight excluding hydrogens is 638 g/mol. The number of benzene rings is 7. The minimum atomic E-state index is -0.810. The second-order valence-corrected chi connectivity index (χ2v) is 16.4. The van der Waals surface area contributed by atoms with Gasteiger partial charge in [-0.25, -0.2) is 0 Å². The van der Waals surface area contributed by atoms with E-state index in [0.29, 0.717) is 0 Å². The second-order valence-electron chi connectivity index (χ2n) is 12.0. The van der Waals surface area contributed by atoms with E-state index in [1.54, 1.807) is 5.56 Å². The monoisotopic (exact) mass is 686 g/mol. The van der Waals surface area contributed by atoms with Gasteiger partial charge in [-0.3, -0.25) is 0 Å². The summed E-state index contributed by atoms with van der Waals surface area (Å²) in [6.45, 7) is 8.00. The van der Waals surface area contributed by atoms with E-state index >= 15 is 0 Å². The van der Waals surface area contributed by atoms with Gasteiger partial charge < -0.3 is 0 Å². The number of rotatable bonds is 7. The third-order valence-corrected chi connectivity index (χ3v) is 14.2. The molecule has 0 atom stereocenters. The molecule has 0 saturated heterocycles. The summed E-state index contributed by atoms with van der Waals surface area (Å²) in [6, 6.07) is 63.8. The lowest BCUT2D eigenvalue weighted by Gasteiger charge is -2.31. The van der Waals surface area contributed by atoms with Gasteiger partial charge in [0, 0.05) is 0 Å². The molecule has 2 heteroatoms. The topological polar surface area (TPSA) is 0 Å². The lowest BCUT2D eigenvalue weighted by Crippen LogP contribution is -2.27. The summed E-state index contributed by atoms with van der Waals surface area (Å²) in [4.78, 5) is 0. The number of fused-ring (bicyclic) bond motifs is 2. The maximum absolute atomic E-state index is 2.50. The van der Waals surface area contributed by atoms with Gasteiger partial charge in [-0.15, -0.1) is 0 Å².